The zero-order valence-corrected chi connectivity index (χ0v) is 17.8. The number of hydrogen-bond acceptors (Lipinski definition) is 3. The minimum atomic E-state index is -0.203. The van der Waals surface area contributed by atoms with Crippen molar-refractivity contribution >= 4 is 5.97 Å². The highest BCUT2D eigenvalue weighted by Crippen LogP contribution is 2.30. The molecule has 1 atom stereocenters. The summed E-state index contributed by atoms with van der Waals surface area (Å²) in [6.45, 7) is 18.2. The maximum absolute atomic E-state index is 12.8. The van der Waals surface area contributed by atoms with Crippen molar-refractivity contribution in [2.45, 2.75) is 84.7 Å². The highest BCUT2D eigenvalue weighted by atomic mass is 16.5. The van der Waals surface area contributed by atoms with Gasteiger partial charge in [0.05, 0.1) is 5.56 Å². The quantitative estimate of drug-likeness (QED) is 0.682. The number of ether oxygens (including phenoxy) is 1. The lowest BCUT2D eigenvalue weighted by Crippen LogP contribution is -2.37. The molecule has 1 aliphatic heterocycles. The Morgan fingerprint density at radius 2 is 1.46 bits per heavy atom. The van der Waals surface area contributed by atoms with Gasteiger partial charge >= 0.3 is 5.97 Å². The predicted molar refractivity (Wildman–Crippen MR) is 109 cm³/mol. The summed E-state index contributed by atoms with van der Waals surface area (Å²) in [7, 11) is 0. The van der Waals surface area contributed by atoms with Crippen molar-refractivity contribution < 1.29 is 9.53 Å². The summed E-state index contributed by atoms with van der Waals surface area (Å²) in [6.07, 6.45) is 3.74. The Bertz CT molecular complexity index is 584. The Balaban J connectivity index is 2.16. The van der Waals surface area contributed by atoms with Crippen LogP contribution in [0.1, 0.15) is 89.2 Å². The molecular weight excluding hydrogens is 322 g/mol. The van der Waals surface area contributed by atoms with Gasteiger partial charge in [-0.3, -0.25) is 4.90 Å². The summed E-state index contributed by atoms with van der Waals surface area (Å²) in [6, 6.07) is 6.24. The van der Waals surface area contributed by atoms with E-state index in [2.05, 4.69) is 52.5 Å². The summed E-state index contributed by atoms with van der Waals surface area (Å²) in [5, 5.41) is 0. The molecule has 1 heterocycles. The maximum atomic E-state index is 12.8. The van der Waals surface area contributed by atoms with E-state index in [1.807, 2.05) is 19.1 Å². The first kappa shape index (κ1) is 21.0. The minimum absolute atomic E-state index is 0.00426. The molecule has 0 bridgehead atoms. The van der Waals surface area contributed by atoms with Gasteiger partial charge in [-0.25, -0.2) is 4.79 Å². The van der Waals surface area contributed by atoms with Gasteiger partial charge in [0.25, 0.3) is 0 Å². The number of rotatable bonds is 4. The lowest BCUT2D eigenvalue weighted by atomic mass is 9.79. The number of esters is 1. The fourth-order valence-corrected chi connectivity index (χ4v) is 3.41. The molecule has 1 aromatic rings. The molecule has 146 valence electrons. The SMILES string of the molecule is C[C@H](CN1CCCCC1)OC(=O)c1cc(C(C)(C)C)cc(C(C)(C)C)c1. The summed E-state index contributed by atoms with van der Waals surface area (Å²) in [4.78, 5) is 15.2. The van der Waals surface area contributed by atoms with Crippen LogP contribution >= 0.6 is 0 Å². The normalized spacial score (nSPS) is 17.8. The molecule has 0 spiro atoms. The first-order valence-electron chi connectivity index (χ1n) is 10.1. The van der Waals surface area contributed by atoms with E-state index in [9.17, 15) is 4.79 Å². The Morgan fingerprint density at radius 1 is 0.962 bits per heavy atom. The number of carbonyl (C=O) groups excluding carboxylic acids is 1. The lowest BCUT2D eigenvalue weighted by molar-refractivity contribution is 0.0235. The molecule has 0 saturated carbocycles. The molecule has 0 radical (unpaired) electrons. The van der Waals surface area contributed by atoms with Gasteiger partial charge in [-0.05, 0) is 66.9 Å². The largest absolute Gasteiger partial charge is 0.458 e. The molecule has 1 aliphatic rings. The molecule has 3 nitrogen and oxygen atoms in total. The van der Waals surface area contributed by atoms with Gasteiger partial charge in [-0.15, -0.1) is 0 Å². The summed E-state index contributed by atoms with van der Waals surface area (Å²) in [5.41, 5.74) is 3.03. The molecular formula is C23H37NO2. The Kier molecular flexibility index (Phi) is 6.55. The average molecular weight is 360 g/mol. The second-order valence-corrected chi connectivity index (χ2v) is 9.88. The predicted octanol–water partition coefficient (Wildman–Crippen LogP) is 5.31. The molecule has 3 heteroatoms. The van der Waals surface area contributed by atoms with Gasteiger partial charge in [0.2, 0.25) is 0 Å². The van der Waals surface area contributed by atoms with E-state index in [1.165, 1.54) is 30.4 Å². The van der Waals surface area contributed by atoms with E-state index >= 15 is 0 Å². The van der Waals surface area contributed by atoms with Gasteiger partial charge in [0.15, 0.2) is 0 Å². The van der Waals surface area contributed by atoms with Gasteiger partial charge in [0.1, 0.15) is 6.10 Å². The van der Waals surface area contributed by atoms with Crippen LogP contribution in [0.25, 0.3) is 0 Å². The van der Waals surface area contributed by atoms with Gasteiger partial charge in [-0.2, -0.15) is 0 Å². The smallest absolute Gasteiger partial charge is 0.338 e. The first-order valence-corrected chi connectivity index (χ1v) is 10.1. The van der Waals surface area contributed by atoms with Crippen molar-refractivity contribution in [2.24, 2.45) is 0 Å². The van der Waals surface area contributed by atoms with Crippen molar-refractivity contribution in [3.63, 3.8) is 0 Å². The van der Waals surface area contributed by atoms with Crippen molar-refractivity contribution in [1.82, 2.24) is 4.90 Å². The van der Waals surface area contributed by atoms with E-state index in [0.29, 0.717) is 5.56 Å². The minimum Gasteiger partial charge on any atom is -0.458 e. The van der Waals surface area contributed by atoms with E-state index < -0.39 is 0 Å². The van der Waals surface area contributed by atoms with Gasteiger partial charge in [0, 0.05) is 6.54 Å². The highest BCUT2D eigenvalue weighted by molar-refractivity contribution is 5.90. The molecule has 0 N–H and O–H groups in total. The monoisotopic (exact) mass is 359 g/mol. The van der Waals surface area contributed by atoms with Crippen molar-refractivity contribution in [3.8, 4) is 0 Å². The van der Waals surface area contributed by atoms with Crippen LogP contribution < -0.4 is 0 Å². The number of benzene rings is 1. The van der Waals surface area contributed by atoms with E-state index in [4.69, 9.17) is 4.74 Å². The second-order valence-electron chi connectivity index (χ2n) is 9.88. The summed E-state index contributed by atoms with van der Waals surface area (Å²) in [5.74, 6) is -0.203. The van der Waals surface area contributed by atoms with Crippen LogP contribution in [0.2, 0.25) is 0 Å². The third-order valence-electron chi connectivity index (χ3n) is 5.17. The topological polar surface area (TPSA) is 29.5 Å². The molecule has 1 fully saturated rings. The number of likely N-dealkylation sites (tertiary alicyclic amines) is 1. The van der Waals surface area contributed by atoms with E-state index in [1.54, 1.807) is 0 Å². The lowest BCUT2D eigenvalue weighted by Gasteiger charge is -2.29. The molecule has 2 rings (SSSR count). The molecule has 1 aromatic carbocycles. The third kappa shape index (κ3) is 5.84. The zero-order valence-electron chi connectivity index (χ0n) is 17.8. The molecule has 0 aromatic heterocycles. The van der Waals surface area contributed by atoms with Crippen LogP contribution in [-0.2, 0) is 15.6 Å². The first-order chi connectivity index (χ1) is 12.0. The Labute approximate surface area is 160 Å². The average Bonchev–Trinajstić information content (AvgIpc) is 2.53. The van der Waals surface area contributed by atoms with Gasteiger partial charge < -0.3 is 4.74 Å². The third-order valence-corrected chi connectivity index (χ3v) is 5.17. The number of nitrogens with zero attached hydrogens (tertiary/aromatic N) is 1. The molecule has 0 unspecified atom stereocenters. The number of carbonyl (C=O) groups is 1. The van der Waals surface area contributed by atoms with Crippen LogP contribution in [0.4, 0.5) is 0 Å². The standard InChI is InChI=1S/C23H37NO2/c1-17(16-24-11-9-8-10-12-24)26-21(25)18-13-19(22(2,3)4)15-20(14-18)23(5,6)7/h13-15,17H,8-12,16H2,1-7H3/t17-/m1/s1. The van der Waals surface area contributed by atoms with Crippen LogP contribution in [-0.4, -0.2) is 36.6 Å². The van der Waals surface area contributed by atoms with Crippen LogP contribution in [0.3, 0.4) is 0 Å². The van der Waals surface area contributed by atoms with E-state index in [-0.39, 0.29) is 22.9 Å². The summed E-state index contributed by atoms with van der Waals surface area (Å²) >= 11 is 0. The van der Waals surface area contributed by atoms with Crippen LogP contribution in [0.15, 0.2) is 18.2 Å². The number of piperidine rings is 1. The van der Waals surface area contributed by atoms with Crippen LogP contribution in [0.5, 0.6) is 0 Å². The Morgan fingerprint density at radius 3 is 1.92 bits per heavy atom. The zero-order chi connectivity index (χ0) is 19.5. The van der Waals surface area contributed by atoms with Crippen LogP contribution in [0, 0.1) is 0 Å². The fourth-order valence-electron chi connectivity index (χ4n) is 3.41. The summed E-state index contributed by atoms with van der Waals surface area (Å²) < 4.78 is 5.79. The highest BCUT2D eigenvalue weighted by Gasteiger charge is 2.24. The van der Waals surface area contributed by atoms with E-state index in [0.717, 1.165) is 19.6 Å². The molecule has 1 saturated heterocycles. The van der Waals surface area contributed by atoms with Crippen molar-refractivity contribution in [3.05, 3.63) is 34.9 Å². The fraction of sp³-hybridized carbons (Fsp3) is 0.696. The van der Waals surface area contributed by atoms with Crippen molar-refractivity contribution in [1.29, 1.82) is 0 Å². The second kappa shape index (κ2) is 8.12. The van der Waals surface area contributed by atoms with Crippen molar-refractivity contribution in [2.75, 3.05) is 19.6 Å². The maximum Gasteiger partial charge on any atom is 0.338 e. The Hall–Kier alpha value is -1.35. The number of hydrogen-bond donors (Lipinski definition) is 0. The molecule has 0 aliphatic carbocycles. The van der Waals surface area contributed by atoms with Gasteiger partial charge in [-0.1, -0.05) is 54.0 Å². The molecule has 0 amide bonds. The molecule has 26 heavy (non-hydrogen) atoms.